The molecule has 2 aromatic heterocycles. The van der Waals surface area contributed by atoms with E-state index in [1.807, 2.05) is 103 Å². The number of hydrogen-bond donors (Lipinski definition) is 0. The fraction of sp³-hybridized carbons (Fsp3) is 0.178. The zero-order valence-corrected chi connectivity index (χ0v) is 31.9. The third-order valence-corrected chi connectivity index (χ3v) is 10.4. The summed E-state index contributed by atoms with van der Waals surface area (Å²) in [6.07, 6.45) is 2.16. The van der Waals surface area contributed by atoms with Gasteiger partial charge < -0.3 is 9.40 Å². The molecule has 284 valence electrons. The molecular weight excluding hydrogens is 738 g/mol. The number of carbonyl (C=O) groups is 3. The Labute approximate surface area is 334 Å². The molecule has 0 bridgehead atoms. The third kappa shape index (κ3) is 7.13. The van der Waals surface area contributed by atoms with Crippen LogP contribution in [0.4, 0.5) is 0 Å². The van der Waals surface area contributed by atoms with E-state index >= 15 is 0 Å². The highest BCUT2D eigenvalue weighted by Gasteiger charge is 2.41. The summed E-state index contributed by atoms with van der Waals surface area (Å²) in [4.78, 5) is 49.9. The fourth-order valence-corrected chi connectivity index (χ4v) is 7.69. The summed E-state index contributed by atoms with van der Waals surface area (Å²) in [6.45, 7) is 2.23. The van der Waals surface area contributed by atoms with Crippen LogP contribution >= 0.6 is 11.6 Å². The van der Waals surface area contributed by atoms with Crippen LogP contribution in [-0.4, -0.2) is 52.6 Å². The van der Waals surface area contributed by atoms with Crippen molar-refractivity contribution in [1.82, 2.24) is 34.8 Å². The minimum Gasteiger partial charge on any atom is -0.323 e. The lowest BCUT2D eigenvalue weighted by atomic mass is 9.77. The molecule has 11 nitrogen and oxygen atoms in total. The highest BCUT2D eigenvalue weighted by atomic mass is 35.5. The number of carbonyl (C=O) groups excluding carboxylic acids is 3. The van der Waals surface area contributed by atoms with Crippen LogP contribution in [0.15, 0.2) is 140 Å². The van der Waals surface area contributed by atoms with Crippen molar-refractivity contribution in [3.8, 4) is 22.5 Å². The Morgan fingerprint density at radius 3 is 1.88 bits per heavy atom. The first-order chi connectivity index (χ1) is 27.9. The molecule has 1 saturated heterocycles. The Morgan fingerprint density at radius 1 is 0.754 bits per heavy atom. The molecule has 0 N–H and O–H groups in total. The number of aryl methyl sites for hydroxylation is 1. The van der Waals surface area contributed by atoms with Crippen molar-refractivity contribution in [1.29, 1.82) is 0 Å². The standard InChI is InChI=1S/C45H38ClN7O4/c1-2-3-24-38-47-42(46)41(44(56)57-52-39(54)27-28-40(52)55)51(38)30-31-25-26-36(32-16-8-4-9-17-32)37(29-31)43-48-50-53(49-43)45(33-18-10-5-11-19-33,34-20-12-6-13-21-34)35-22-14-7-15-23-35/h4-23,25-26,29H,2-3,24,27-28,30H2,1H3. The number of hydrogen-bond acceptors (Lipinski definition) is 8. The third-order valence-electron chi connectivity index (χ3n) is 10.2. The molecule has 3 heterocycles. The summed E-state index contributed by atoms with van der Waals surface area (Å²) in [5, 5.41) is 15.2. The predicted molar refractivity (Wildman–Crippen MR) is 215 cm³/mol. The van der Waals surface area contributed by atoms with E-state index in [-0.39, 0.29) is 30.2 Å². The van der Waals surface area contributed by atoms with E-state index in [4.69, 9.17) is 31.8 Å². The van der Waals surface area contributed by atoms with Gasteiger partial charge >= 0.3 is 5.97 Å². The van der Waals surface area contributed by atoms with E-state index in [9.17, 15) is 14.4 Å². The number of amides is 2. The molecule has 0 unspecified atom stereocenters. The first-order valence-electron chi connectivity index (χ1n) is 18.9. The number of tetrazole rings is 1. The predicted octanol–water partition coefficient (Wildman–Crippen LogP) is 8.31. The molecule has 0 aliphatic carbocycles. The topological polar surface area (TPSA) is 125 Å². The number of rotatable bonds is 13. The Morgan fingerprint density at radius 2 is 1.32 bits per heavy atom. The maximum atomic E-state index is 13.6. The highest BCUT2D eigenvalue weighted by molar-refractivity contribution is 6.32. The van der Waals surface area contributed by atoms with Crippen LogP contribution in [0.2, 0.25) is 5.15 Å². The number of benzene rings is 5. The van der Waals surface area contributed by atoms with Gasteiger partial charge in [-0.15, -0.1) is 20.1 Å². The normalized spacial score (nSPS) is 13.0. The van der Waals surface area contributed by atoms with Gasteiger partial charge in [0, 0.05) is 31.4 Å². The zero-order chi connectivity index (χ0) is 39.4. The van der Waals surface area contributed by atoms with E-state index in [1.165, 1.54) is 0 Å². The van der Waals surface area contributed by atoms with Crippen LogP contribution in [0.5, 0.6) is 0 Å². The highest BCUT2D eigenvalue weighted by Crippen LogP contribution is 2.41. The summed E-state index contributed by atoms with van der Waals surface area (Å²) in [6, 6.07) is 46.4. The Balaban J connectivity index is 1.27. The van der Waals surface area contributed by atoms with E-state index in [1.54, 1.807) is 9.36 Å². The van der Waals surface area contributed by atoms with Crippen LogP contribution < -0.4 is 0 Å². The first-order valence-corrected chi connectivity index (χ1v) is 19.2. The van der Waals surface area contributed by atoms with Gasteiger partial charge in [-0.1, -0.05) is 158 Å². The van der Waals surface area contributed by atoms with Crippen LogP contribution in [-0.2, 0) is 32.9 Å². The van der Waals surface area contributed by atoms with Gasteiger partial charge in [-0.25, -0.2) is 9.78 Å². The minimum absolute atomic E-state index is 0.0286. The fourth-order valence-electron chi connectivity index (χ4n) is 7.42. The average molecular weight is 776 g/mol. The number of imidazole rings is 1. The van der Waals surface area contributed by atoms with Gasteiger partial charge in [-0.2, -0.15) is 0 Å². The molecule has 5 aromatic carbocycles. The summed E-state index contributed by atoms with van der Waals surface area (Å²) in [5.74, 6) is -1.14. The van der Waals surface area contributed by atoms with Gasteiger partial charge in [0.2, 0.25) is 5.82 Å². The molecule has 1 aliphatic heterocycles. The van der Waals surface area contributed by atoms with Gasteiger partial charge in [0.15, 0.2) is 16.4 Å². The van der Waals surface area contributed by atoms with E-state index < -0.39 is 23.3 Å². The van der Waals surface area contributed by atoms with Crippen molar-refractivity contribution in [2.75, 3.05) is 0 Å². The molecule has 0 saturated carbocycles. The van der Waals surface area contributed by atoms with Gasteiger partial charge in [0.1, 0.15) is 5.82 Å². The van der Waals surface area contributed by atoms with Crippen LogP contribution in [0.1, 0.15) is 71.2 Å². The summed E-state index contributed by atoms with van der Waals surface area (Å²) < 4.78 is 1.70. The van der Waals surface area contributed by atoms with Gasteiger partial charge in [0.05, 0.1) is 0 Å². The van der Waals surface area contributed by atoms with Crippen molar-refractivity contribution >= 4 is 29.4 Å². The molecule has 2 amide bonds. The van der Waals surface area contributed by atoms with Gasteiger partial charge in [0.25, 0.3) is 11.8 Å². The lowest BCUT2D eigenvalue weighted by Gasteiger charge is -2.34. The second-order valence-corrected chi connectivity index (χ2v) is 14.1. The van der Waals surface area contributed by atoms with E-state index in [2.05, 4.69) is 48.3 Å². The van der Waals surface area contributed by atoms with Gasteiger partial charge in [-0.05, 0) is 51.1 Å². The van der Waals surface area contributed by atoms with E-state index in [0.29, 0.717) is 28.7 Å². The summed E-state index contributed by atoms with van der Waals surface area (Å²) in [5.41, 5.74) is 5.17. The minimum atomic E-state index is -0.978. The maximum Gasteiger partial charge on any atom is 0.383 e. The molecule has 1 fully saturated rings. The van der Waals surface area contributed by atoms with Crippen molar-refractivity contribution in [2.24, 2.45) is 0 Å². The zero-order valence-electron chi connectivity index (χ0n) is 31.2. The second kappa shape index (κ2) is 16.2. The number of aromatic nitrogens is 6. The van der Waals surface area contributed by atoms with E-state index in [0.717, 1.165) is 46.2 Å². The number of unbranched alkanes of at least 4 members (excludes halogenated alkanes) is 1. The van der Waals surface area contributed by atoms with Crippen molar-refractivity contribution in [3.05, 3.63) is 178 Å². The quantitative estimate of drug-likeness (QED) is 0.0847. The van der Waals surface area contributed by atoms with Crippen LogP contribution in [0, 0.1) is 0 Å². The van der Waals surface area contributed by atoms with Crippen LogP contribution in [0.25, 0.3) is 22.5 Å². The second-order valence-electron chi connectivity index (χ2n) is 13.8. The molecule has 0 radical (unpaired) electrons. The largest absolute Gasteiger partial charge is 0.383 e. The molecular formula is C45H38ClN7O4. The molecule has 1 aliphatic rings. The number of hydroxylamine groups is 2. The first kappa shape index (κ1) is 37.2. The molecule has 12 heteroatoms. The lowest BCUT2D eigenvalue weighted by molar-refractivity contribution is -0.172. The van der Waals surface area contributed by atoms with Crippen molar-refractivity contribution < 1.29 is 19.2 Å². The van der Waals surface area contributed by atoms with Crippen molar-refractivity contribution in [2.45, 2.75) is 51.1 Å². The number of halogens is 1. The molecule has 8 rings (SSSR count). The molecule has 0 spiro atoms. The summed E-state index contributed by atoms with van der Waals surface area (Å²) in [7, 11) is 0. The molecule has 57 heavy (non-hydrogen) atoms. The van der Waals surface area contributed by atoms with Crippen LogP contribution in [0.3, 0.4) is 0 Å². The molecule has 7 aromatic rings. The Hall–Kier alpha value is -6.72. The SMILES string of the molecule is CCCCc1nc(Cl)c(C(=O)ON2C(=O)CCC2=O)n1Cc1ccc(-c2ccccc2)c(-c2nnn(C(c3ccccc3)(c3ccccc3)c3ccccc3)n2)c1. The number of imide groups is 1. The average Bonchev–Trinajstić information content (AvgIpc) is 3.96. The van der Waals surface area contributed by atoms with Gasteiger partial charge in [-0.3, -0.25) is 9.59 Å². The molecule has 0 atom stereocenters. The number of nitrogens with zero attached hydrogens (tertiary/aromatic N) is 7. The Kier molecular flexibility index (Phi) is 10.6. The lowest BCUT2D eigenvalue weighted by Crippen LogP contribution is -2.39. The van der Waals surface area contributed by atoms with Crippen molar-refractivity contribution in [3.63, 3.8) is 0 Å². The maximum absolute atomic E-state index is 13.6. The Bertz CT molecular complexity index is 2430. The monoisotopic (exact) mass is 775 g/mol. The smallest absolute Gasteiger partial charge is 0.323 e. The summed E-state index contributed by atoms with van der Waals surface area (Å²) >= 11 is 6.63.